The molecule has 9 heteroatoms. The van der Waals surface area contributed by atoms with Crippen LogP contribution in [0.2, 0.25) is 0 Å². The van der Waals surface area contributed by atoms with E-state index in [9.17, 15) is 13.2 Å². The number of carbonyl (C=O) groups excluding carboxylic acids is 1. The van der Waals surface area contributed by atoms with Gasteiger partial charge in [0.15, 0.2) is 5.13 Å². The van der Waals surface area contributed by atoms with E-state index in [1.807, 2.05) is 37.4 Å². The number of nitrogens with one attached hydrogen (secondary N) is 2. The van der Waals surface area contributed by atoms with Gasteiger partial charge in [0.1, 0.15) is 0 Å². The normalized spacial score (nSPS) is 11.2. The third kappa shape index (κ3) is 4.68. The first-order valence-electron chi connectivity index (χ1n) is 9.70. The molecule has 162 valence electrons. The molecular formula is C23H20N4O3S2. The predicted octanol–water partition coefficient (Wildman–Crippen LogP) is 4.88. The Morgan fingerprint density at radius 1 is 1.00 bits per heavy atom. The van der Waals surface area contributed by atoms with Crippen LogP contribution < -0.4 is 10.0 Å². The first-order chi connectivity index (χ1) is 15.3. The Morgan fingerprint density at radius 3 is 2.50 bits per heavy atom. The number of hydrogen-bond acceptors (Lipinski definition) is 6. The van der Waals surface area contributed by atoms with Gasteiger partial charge in [0.25, 0.3) is 15.9 Å². The number of rotatable bonds is 6. The van der Waals surface area contributed by atoms with Crippen LogP contribution >= 0.6 is 11.3 Å². The van der Waals surface area contributed by atoms with Gasteiger partial charge >= 0.3 is 0 Å². The highest BCUT2D eigenvalue weighted by Gasteiger charge is 2.17. The van der Waals surface area contributed by atoms with Gasteiger partial charge in [-0.3, -0.25) is 19.8 Å². The molecule has 0 aliphatic rings. The number of aromatic nitrogens is 2. The minimum Gasteiger partial charge on any atom is -0.298 e. The van der Waals surface area contributed by atoms with Crippen LogP contribution in [0.3, 0.4) is 0 Å². The molecule has 2 N–H and O–H groups in total. The number of aryl methyl sites for hydroxylation is 1. The van der Waals surface area contributed by atoms with Crippen LogP contribution in [-0.4, -0.2) is 24.3 Å². The Bertz CT molecular complexity index is 1370. The summed E-state index contributed by atoms with van der Waals surface area (Å²) in [5, 5.41) is 5.02. The first-order valence-corrected chi connectivity index (χ1v) is 12.1. The zero-order valence-electron chi connectivity index (χ0n) is 17.4. The average Bonchev–Trinajstić information content (AvgIpc) is 3.26. The van der Waals surface area contributed by atoms with Crippen molar-refractivity contribution in [3.63, 3.8) is 0 Å². The van der Waals surface area contributed by atoms with E-state index in [0.717, 1.165) is 22.4 Å². The van der Waals surface area contributed by atoms with E-state index >= 15 is 0 Å². The second kappa shape index (κ2) is 8.89. The summed E-state index contributed by atoms with van der Waals surface area (Å²) in [6.45, 7) is 3.78. The van der Waals surface area contributed by atoms with Crippen molar-refractivity contribution in [1.29, 1.82) is 0 Å². The van der Waals surface area contributed by atoms with Crippen molar-refractivity contribution in [3.8, 4) is 11.3 Å². The van der Waals surface area contributed by atoms with Crippen molar-refractivity contribution in [2.24, 2.45) is 0 Å². The van der Waals surface area contributed by atoms with E-state index in [0.29, 0.717) is 16.4 Å². The molecule has 0 bridgehead atoms. The fourth-order valence-electron chi connectivity index (χ4n) is 3.00. The summed E-state index contributed by atoms with van der Waals surface area (Å²) >= 11 is 1.30. The second-order valence-corrected chi connectivity index (χ2v) is 9.65. The van der Waals surface area contributed by atoms with Crippen LogP contribution in [0.15, 0.2) is 77.3 Å². The van der Waals surface area contributed by atoms with Gasteiger partial charge in [-0.25, -0.2) is 13.4 Å². The van der Waals surface area contributed by atoms with Crippen LogP contribution in [0.25, 0.3) is 11.3 Å². The maximum atomic E-state index is 12.7. The van der Waals surface area contributed by atoms with E-state index < -0.39 is 10.0 Å². The monoisotopic (exact) mass is 464 g/mol. The summed E-state index contributed by atoms with van der Waals surface area (Å²) in [6.07, 6.45) is 3.38. The molecule has 1 amide bonds. The lowest BCUT2D eigenvalue weighted by Crippen LogP contribution is -2.15. The topological polar surface area (TPSA) is 101 Å². The third-order valence-electron chi connectivity index (χ3n) is 4.96. The van der Waals surface area contributed by atoms with Crippen LogP contribution in [-0.2, 0) is 10.0 Å². The average molecular weight is 465 g/mol. The molecule has 0 spiro atoms. The Labute approximate surface area is 190 Å². The summed E-state index contributed by atoms with van der Waals surface area (Å²) < 4.78 is 28.1. The Hall–Kier alpha value is -3.56. The van der Waals surface area contributed by atoms with E-state index in [4.69, 9.17) is 0 Å². The Balaban J connectivity index is 1.47. The quantitative estimate of drug-likeness (QED) is 0.424. The molecule has 2 aromatic heterocycles. The van der Waals surface area contributed by atoms with E-state index in [1.165, 1.54) is 35.6 Å². The van der Waals surface area contributed by atoms with Gasteiger partial charge in [-0.15, -0.1) is 11.3 Å². The fourth-order valence-corrected chi connectivity index (χ4v) is 4.84. The van der Waals surface area contributed by atoms with Gasteiger partial charge in [0.05, 0.1) is 16.3 Å². The summed E-state index contributed by atoms with van der Waals surface area (Å²) in [7, 11) is -3.78. The van der Waals surface area contributed by atoms with Crippen molar-refractivity contribution in [1.82, 2.24) is 9.97 Å². The lowest BCUT2D eigenvalue weighted by molar-refractivity contribution is 0.102. The number of sulfonamides is 1. The number of hydrogen-bond donors (Lipinski definition) is 2. The van der Waals surface area contributed by atoms with Crippen molar-refractivity contribution < 1.29 is 13.2 Å². The number of nitrogens with zero attached hydrogens (tertiary/aromatic N) is 2. The molecule has 2 heterocycles. The first kappa shape index (κ1) is 21.7. The molecule has 0 saturated carbocycles. The molecule has 0 aliphatic heterocycles. The number of anilines is 2. The van der Waals surface area contributed by atoms with Crippen molar-refractivity contribution >= 4 is 38.1 Å². The molecule has 4 aromatic rings. The largest absolute Gasteiger partial charge is 0.298 e. The van der Waals surface area contributed by atoms with E-state index in [-0.39, 0.29) is 10.8 Å². The van der Waals surface area contributed by atoms with Crippen molar-refractivity contribution in [3.05, 3.63) is 89.1 Å². The Kier molecular flexibility index (Phi) is 6.02. The highest BCUT2D eigenvalue weighted by atomic mass is 32.2. The molecule has 0 radical (unpaired) electrons. The summed E-state index contributed by atoms with van der Waals surface area (Å²) in [5.41, 5.74) is 4.29. The molecular weight excluding hydrogens is 444 g/mol. The van der Waals surface area contributed by atoms with Crippen LogP contribution in [0.5, 0.6) is 0 Å². The van der Waals surface area contributed by atoms with Gasteiger partial charge in [-0.1, -0.05) is 12.1 Å². The molecule has 4 rings (SSSR count). The van der Waals surface area contributed by atoms with Gasteiger partial charge in [0, 0.05) is 28.9 Å². The lowest BCUT2D eigenvalue weighted by atomic mass is 10.1. The molecule has 32 heavy (non-hydrogen) atoms. The predicted molar refractivity (Wildman–Crippen MR) is 126 cm³/mol. The molecule has 7 nitrogen and oxygen atoms in total. The smallest absolute Gasteiger partial charge is 0.261 e. The highest BCUT2D eigenvalue weighted by Crippen LogP contribution is 2.25. The molecule has 0 fully saturated rings. The number of pyridine rings is 1. The van der Waals surface area contributed by atoms with E-state index in [1.54, 1.807) is 24.5 Å². The molecule has 0 unspecified atom stereocenters. The molecule has 0 atom stereocenters. The van der Waals surface area contributed by atoms with Gasteiger partial charge < -0.3 is 0 Å². The summed E-state index contributed by atoms with van der Waals surface area (Å²) in [4.78, 5) is 21.1. The van der Waals surface area contributed by atoms with Gasteiger partial charge in [0.2, 0.25) is 0 Å². The third-order valence-corrected chi connectivity index (χ3v) is 7.10. The van der Waals surface area contributed by atoms with Gasteiger partial charge in [-0.2, -0.15) is 0 Å². The summed E-state index contributed by atoms with van der Waals surface area (Å²) in [5.74, 6) is -0.372. The number of benzene rings is 2. The van der Waals surface area contributed by atoms with Crippen LogP contribution in [0.4, 0.5) is 10.8 Å². The minimum absolute atomic E-state index is 0.0723. The fraction of sp³-hybridized carbons (Fsp3) is 0.0870. The molecule has 0 saturated heterocycles. The molecule has 2 aromatic carbocycles. The summed E-state index contributed by atoms with van der Waals surface area (Å²) in [6, 6.07) is 14.9. The van der Waals surface area contributed by atoms with Crippen LogP contribution in [0, 0.1) is 13.8 Å². The second-order valence-electron chi connectivity index (χ2n) is 7.11. The zero-order chi connectivity index (χ0) is 22.7. The SMILES string of the molecule is Cc1cccc(NS(=O)(=O)c2ccc(C(=O)Nc3nc(-c4cccnc4)cs3)cc2)c1C. The minimum atomic E-state index is -3.78. The number of thiazole rings is 1. The van der Waals surface area contributed by atoms with Crippen LogP contribution in [0.1, 0.15) is 21.5 Å². The lowest BCUT2D eigenvalue weighted by Gasteiger charge is -2.12. The Morgan fingerprint density at radius 2 is 1.78 bits per heavy atom. The van der Waals surface area contributed by atoms with Gasteiger partial charge in [-0.05, 0) is 67.4 Å². The van der Waals surface area contributed by atoms with E-state index in [2.05, 4.69) is 20.0 Å². The highest BCUT2D eigenvalue weighted by molar-refractivity contribution is 7.92. The van der Waals surface area contributed by atoms with Crippen molar-refractivity contribution in [2.45, 2.75) is 18.7 Å². The number of carbonyl (C=O) groups is 1. The maximum absolute atomic E-state index is 12.7. The van der Waals surface area contributed by atoms with Crippen molar-refractivity contribution in [2.75, 3.05) is 10.0 Å². The number of amides is 1. The molecule has 0 aliphatic carbocycles. The standard InChI is InChI=1S/C23H20N4O3S2/c1-15-5-3-7-20(16(15)2)27-32(29,30)19-10-8-17(9-11-19)22(28)26-23-25-21(14-31-23)18-6-4-12-24-13-18/h3-14,27H,1-2H3,(H,25,26,28). The zero-order valence-corrected chi connectivity index (χ0v) is 19.0. The maximum Gasteiger partial charge on any atom is 0.261 e.